The van der Waals surface area contributed by atoms with Gasteiger partial charge < -0.3 is 19.4 Å². The number of carbonyl (C=O) groups is 2. The number of likely N-dealkylation sites (N-methyl/N-ethyl adjacent to an activating group) is 1. The lowest BCUT2D eigenvalue weighted by atomic mass is 10.0. The molecule has 0 aliphatic heterocycles. The Labute approximate surface area is 527 Å². The van der Waals surface area contributed by atoms with Crippen molar-refractivity contribution in [2.45, 2.75) is 354 Å². The molecule has 0 rings (SSSR count). The normalized spacial score (nSPS) is 13.9. The van der Waals surface area contributed by atoms with Crippen LogP contribution in [0.3, 0.4) is 0 Å². The van der Waals surface area contributed by atoms with Crippen LogP contribution >= 0.6 is 7.82 Å². The minimum absolute atomic E-state index is 0.0326. The number of esters is 1. The molecule has 2 N–H and O–H groups in total. The Balaban J connectivity index is 5.06. The molecule has 0 fully saturated rings. The van der Waals surface area contributed by atoms with Gasteiger partial charge in [-0.3, -0.25) is 18.6 Å². The maximum absolute atomic E-state index is 13.6. The molecular weight excluding hydrogens is 1070 g/mol. The minimum atomic E-state index is -4.47. The lowest BCUT2D eigenvalue weighted by Gasteiger charge is -2.27. The molecule has 0 aliphatic rings. The molecule has 0 aromatic carbocycles. The predicted octanol–water partition coefficient (Wildman–Crippen LogP) is 23.1. The molecule has 85 heavy (non-hydrogen) atoms. The van der Waals surface area contributed by atoms with Gasteiger partial charge in [0.1, 0.15) is 19.3 Å². The molecule has 0 spiro atoms. The molecule has 0 radical (unpaired) electrons. The highest BCUT2D eigenvalue weighted by atomic mass is 31.2. The van der Waals surface area contributed by atoms with Gasteiger partial charge in [0.05, 0.1) is 33.8 Å². The summed E-state index contributed by atoms with van der Waals surface area (Å²) < 4.78 is 30.8. The van der Waals surface area contributed by atoms with Crippen LogP contribution in [0.1, 0.15) is 342 Å². The topological polar surface area (TPSA) is 111 Å². The van der Waals surface area contributed by atoms with Crippen LogP contribution in [0.4, 0.5) is 0 Å². The number of hydrogen-bond acceptors (Lipinski definition) is 6. The first-order chi connectivity index (χ1) is 41.4. The van der Waals surface area contributed by atoms with Gasteiger partial charge in [0, 0.05) is 12.8 Å². The van der Waals surface area contributed by atoms with Gasteiger partial charge in [-0.15, -0.1) is 0 Å². The van der Waals surface area contributed by atoms with Crippen molar-refractivity contribution < 1.29 is 37.3 Å². The number of allylic oxidation sites excluding steroid dienone is 11. The van der Waals surface area contributed by atoms with E-state index in [2.05, 4.69) is 86.8 Å². The maximum Gasteiger partial charge on any atom is 0.472 e. The number of rotatable bonds is 66. The third-order valence-corrected chi connectivity index (χ3v) is 17.1. The van der Waals surface area contributed by atoms with Gasteiger partial charge >= 0.3 is 13.8 Å². The van der Waals surface area contributed by atoms with Crippen molar-refractivity contribution >= 4 is 19.7 Å². The second kappa shape index (κ2) is 64.4. The molecule has 1 amide bonds. The summed E-state index contributed by atoms with van der Waals surface area (Å²) in [5.41, 5.74) is 0. The van der Waals surface area contributed by atoms with Crippen molar-refractivity contribution in [3.63, 3.8) is 0 Å². The van der Waals surface area contributed by atoms with Gasteiger partial charge in [0.25, 0.3) is 0 Å². The molecule has 496 valence electrons. The van der Waals surface area contributed by atoms with Crippen molar-refractivity contribution in [1.82, 2.24) is 5.32 Å². The minimum Gasteiger partial charge on any atom is -0.456 e. The Morgan fingerprint density at radius 2 is 0.753 bits per heavy atom. The first-order valence-electron chi connectivity index (χ1n) is 36.3. The van der Waals surface area contributed by atoms with E-state index in [0.29, 0.717) is 23.9 Å². The molecule has 0 heterocycles. The summed E-state index contributed by atoms with van der Waals surface area (Å²) in [6.45, 7) is 6.92. The molecule has 10 heteroatoms. The molecule has 3 unspecified atom stereocenters. The van der Waals surface area contributed by atoms with E-state index in [1.807, 2.05) is 33.3 Å². The smallest absolute Gasteiger partial charge is 0.456 e. The molecule has 0 aromatic rings. The van der Waals surface area contributed by atoms with E-state index in [9.17, 15) is 19.0 Å². The van der Waals surface area contributed by atoms with E-state index < -0.39 is 20.0 Å². The molecule has 0 aliphatic carbocycles. The van der Waals surface area contributed by atoms with E-state index in [1.54, 1.807) is 0 Å². The number of quaternary nitrogens is 1. The third kappa shape index (κ3) is 65.7. The predicted molar refractivity (Wildman–Crippen MR) is 369 cm³/mol. The van der Waals surface area contributed by atoms with Crippen molar-refractivity contribution in [2.24, 2.45) is 0 Å². The van der Waals surface area contributed by atoms with Gasteiger partial charge in [-0.05, 0) is 76.7 Å². The Morgan fingerprint density at radius 3 is 1.14 bits per heavy atom. The van der Waals surface area contributed by atoms with Crippen LogP contribution in [-0.2, 0) is 27.9 Å². The quantitative estimate of drug-likeness (QED) is 0.0205. The van der Waals surface area contributed by atoms with Gasteiger partial charge in [-0.2, -0.15) is 0 Å². The van der Waals surface area contributed by atoms with Crippen LogP contribution in [0.15, 0.2) is 72.9 Å². The number of ether oxygens (including phenoxy) is 1. The Morgan fingerprint density at radius 1 is 0.424 bits per heavy atom. The van der Waals surface area contributed by atoms with E-state index in [4.69, 9.17) is 13.8 Å². The van der Waals surface area contributed by atoms with Gasteiger partial charge in [0.15, 0.2) is 0 Å². The van der Waals surface area contributed by atoms with Crippen LogP contribution in [0.2, 0.25) is 0 Å². The first kappa shape index (κ1) is 82.5. The molecule has 0 bridgehead atoms. The van der Waals surface area contributed by atoms with Crippen LogP contribution in [0.5, 0.6) is 0 Å². The molecule has 0 saturated heterocycles. The summed E-state index contributed by atoms with van der Waals surface area (Å²) in [4.78, 5) is 37.9. The average Bonchev–Trinajstić information content (AvgIpc) is 3.50. The number of phosphoric acid groups is 1. The molecule has 3 atom stereocenters. The third-order valence-electron chi connectivity index (χ3n) is 16.2. The summed E-state index contributed by atoms with van der Waals surface area (Å²) in [7, 11) is 1.48. The van der Waals surface area contributed by atoms with Crippen LogP contribution in [-0.4, -0.2) is 74.3 Å². The number of hydrogen-bond donors (Lipinski definition) is 2. The zero-order valence-electron chi connectivity index (χ0n) is 56.9. The lowest BCUT2D eigenvalue weighted by Crippen LogP contribution is -2.47. The molecule has 0 saturated carbocycles. The SMILES string of the molecule is CC/C=C\C/C=C\C/C=C\C/C=C\C/C=C\CCCCCC(=O)NC(COP(=O)(O)OCC[N+](C)(C)C)C(/C=C\CCCCCCCCCCCCC)OC(=O)CCCCCCCCCCCCCCCCCCCCCCCCCCCCC. The molecule has 0 aromatic heterocycles. The Kier molecular flexibility index (Phi) is 62.5. The van der Waals surface area contributed by atoms with E-state index in [1.165, 1.54) is 212 Å². The Hall–Kier alpha value is -2.55. The van der Waals surface area contributed by atoms with Crippen molar-refractivity contribution in [2.75, 3.05) is 40.9 Å². The van der Waals surface area contributed by atoms with E-state index in [-0.39, 0.29) is 31.5 Å². The number of phosphoric ester groups is 1. The second-order valence-corrected chi connectivity index (χ2v) is 27.2. The number of carbonyl (C=O) groups excluding carboxylic acids is 2. The number of nitrogens with zero attached hydrogens (tertiary/aromatic N) is 1. The highest BCUT2D eigenvalue weighted by Crippen LogP contribution is 2.43. The van der Waals surface area contributed by atoms with Crippen molar-refractivity contribution in [1.29, 1.82) is 0 Å². The molecular formula is C75H140N2O7P+. The van der Waals surface area contributed by atoms with Crippen molar-refractivity contribution in [3.05, 3.63) is 72.9 Å². The summed E-state index contributed by atoms with van der Waals surface area (Å²) in [5, 5.41) is 3.05. The fraction of sp³-hybridized carbons (Fsp3) is 0.813. The van der Waals surface area contributed by atoms with Gasteiger partial charge in [-0.25, -0.2) is 4.57 Å². The summed E-state index contributed by atoms with van der Waals surface area (Å²) >= 11 is 0. The summed E-state index contributed by atoms with van der Waals surface area (Å²) in [5.74, 6) is -0.530. The van der Waals surface area contributed by atoms with Gasteiger partial charge in [0.2, 0.25) is 5.91 Å². The number of amides is 1. The summed E-state index contributed by atoms with van der Waals surface area (Å²) in [6, 6.07) is -0.868. The zero-order valence-corrected chi connectivity index (χ0v) is 57.7. The van der Waals surface area contributed by atoms with Crippen LogP contribution in [0.25, 0.3) is 0 Å². The van der Waals surface area contributed by atoms with Crippen molar-refractivity contribution in [3.8, 4) is 0 Å². The highest BCUT2D eigenvalue weighted by molar-refractivity contribution is 7.47. The second-order valence-electron chi connectivity index (χ2n) is 25.7. The van der Waals surface area contributed by atoms with Crippen LogP contribution in [0, 0.1) is 0 Å². The zero-order chi connectivity index (χ0) is 62.1. The monoisotopic (exact) mass is 1210 g/mol. The first-order valence-corrected chi connectivity index (χ1v) is 37.8. The average molecular weight is 1210 g/mol. The van der Waals surface area contributed by atoms with E-state index >= 15 is 0 Å². The highest BCUT2D eigenvalue weighted by Gasteiger charge is 2.30. The number of nitrogens with one attached hydrogen (secondary N) is 1. The standard InChI is InChI=1S/C75H139N2O7P/c1-7-10-13-16-19-22-25-28-30-32-34-35-36-37-38-39-40-41-43-45-47-50-53-56-59-62-65-68-75(79)84-73(66-63-60-57-54-51-48-27-24-21-18-15-12-9-3)72(71-83-85(80,81)82-70-69-77(4,5)6)76-74(78)67-64-61-58-55-52-49-46-44-42-33-31-29-26-23-20-17-14-11-8-2/h11,14,20,23,29,31,42,44,49,52,63,66,72-73H,7-10,12-13,15-19,21-22,24-28,30,32-41,43,45-48,50-51,53-62,64-65,67-71H2,1-6H3,(H-,76,78,80,81)/p+1/b14-11-,23-20-,31-29-,44-42-,52-49-,66-63-. The fourth-order valence-corrected chi connectivity index (χ4v) is 11.4. The molecule has 9 nitrogen and oxygen atoms in total. The van der Waals surface area contributed by atoms with E-state index in [0.717, 1.165) is 89.9 Å². The Bertz CT molecular complexity index is 1680. The van der Waals surface area contributed by atoms with Gasteiger partial charge in [-0.1, -0.05) is 325 Å². The summed E-state index contributed by atoms with van der Waals surface area (Å²) in [6.07, 6.45) is 85.0. The van der Waals surface area contributed by atoms with Crippen LogP contribution < -0.4 is 5.32 Å². The fourth-order valence-electron chi connectivity index (χ4n) is 10.6. The lowest BCUT2D eigenvalue weighted by molar-refractivity contribution is -0.870. The maximum atomic E-state index is 13.6. The largest absolute Gasteiger partial charge is 0.472 e. The number of unbranched alkanes of at least 4 members (excludes halogenated alkanes) is 40.